The average Bonchev–Trinajstić information content (AvgIpc) is 3.10. The number of hydrogen-bond donors (Lipinski definition) is 1. The normalized spacial score (nSPS) is 17.5. The molecule has 0 bridgehead atoms. The van der Waals surface area contributed by atoms with Gasteiger partial charge >= 0.3 is 0 Å². The molecule has 5 nitrogen and oxygen atoms in total. The van der Waals surface area contributed by atoms with Crippen LogP contribution in [0.2, 0.25) is 0 Å². The molecule has 166 valence electrons. The number of carbonyl (C=O) groups is 2. The molecule has 0 saturated carbocycles. The molecule has 1 N–H and O–H groups in total. The van der Waals surface area contributed by atoms with Crippen molar-refractivity contribution in [3.8, 4) is 0 Å². The Morgan fingerprint density at radius 3 is 2.29 bits per heavy atom. The summed E-state index contributed by atoms with van der Waals surface area (Å²) in [6, 6.07) is -0.215. The second-order valence-electron chi connectivity index (χ2n) is 9.07. The van der Waals surface area contributed by atoms with Gasteiger partial charge in [-0.1, -0.05) is 34.6 Å². The molecule has 0 aromatic heterocycles. The van der Waals surface area contributed by atoms with Gasteiger partial charge in [0.05, 0.1) is 11.6 Å². The number of nitrogens with one attached hydrogen (secondary N) is 1. The molecule has 0 radical (unpaired) electrons. The molecule has 0 aromatic carbocycles. The molecular weight excluding hydrogens is 352 g/mol. The fourth-order valence-corrected chi connectivity index (χ4v) is 3.52. The summed E-state index contributed by atoms with van der Waals surface area (Å²) in [4.78, 5) is 26.8. The molecule has 0 aliphatic carbocycles. The van der Waals surface area contributed by atoms with E-state index in [9.17, 15) is 9.59 Å². The van der Waals surface area contributed by atoms with Crippen LogP contribution in [0.1, 0.15) is 94.4 Å². The largest absolute Gasteiger partial charge is 0.375 e. The van der Waals surface area contributed by atoms with E-state index in [4.69, 9.17) is 4.74 Å². The van der Waals surface area contributed by atoms with E-state index < -0.39 is 0 Å². The van der Waals surface area contributed by atoms with E-state index in [1.165, 1.54) is 0 Å². The Balaban J connectivity index is 0.00000352. The summed E-state index contributed by atoms with van der Waals surface area (Å²) in [5, 5.41) is 3.45. The second-order valence-corrected chi connectivity index (χ2v) is 9.07. The predicted octanol–water partition coefficient (Wildman–Crippen LogP) is 4.58. The maximum absolute atomic E-state index is 12.7. The standard InChI is InChI=1S/C21H40N2O3.C2H6/c1-8-22-20(4,5)13-15-26-21(6,7)12-11-18(24)23-14-9-10-17(23)19(25)16(2)3;1-2/h16-17,22H,8-15H2,1-7H3;1-2H3. The Morgan fingerprint density at radius 1 is 1.14 bits per heavy atom. The van der Waals surface area contributed by atoms with Gasteiger partial charge in [0.15, 0.2) is 5.78 Å². The zero-order chi connectivity index (χ0) is 22.0. The minimum atomic E-state index is -0.338. The van der Waals surface area contributed by atoms with Crippen molar-refractivity contribution in [2.75, 3.05) is 19.7 Å². The van der Waals surface area contributed by atoms with Gasteiger partial charge < -0.3 is 15.0 Å². The van der Waals surface area contributed by atoms with E-state index in [1.807, 2.05) is 41.5 Å². The van der Waals surface area contributed by atoms with Crippen LogP contribution >= 0.6 is 0 Å². The predicted molar refractivity (Wildman–Crippen MR) is 118 cm³/mol. The van der Waals surface area contributed by atoms with E-state index in [-0.39, 0.29) is 34.8 Å². The van der Waals surface area contributed by atoms with Crippen molar-refractivity contribution >= 4 is 11.7 Å². The van der Waals surface area contributed by atoms with E-state index >= 15 is 0 Å². The molecule has 1 fully saturated rings. The lowest BCUT2D eigenvalue weighted by atomic mass is 9.98. The second kappa shape index (κ2) is 12.6. The van der Waals surface area contributed by atoms with Crippen molar-refractivity contribution in [2.45, 2.75) is 112 Å². The number of likely N-dealkylation sites (tertiary alicyclic amines) is 1. The number of nitrogens with zero attached hydrogens (tertiary/aromatic N) is 1. The molecule has 1 atom stereocenters. The lowest BCUT2D eigenvalue weighted by Gasteiger charge is -2.31. The van der Waals surface area contributed by atoms with Crippen LogP contribution < -0.4 is 5.32 Å². The zero-order valence-corrected chi connectivity index (χ0v) is 20.0. The van der Waals surface area contributed by atoms with Gasteiger partial charge in [-0.25, -0.2) is 0 Å². The Hall–Kier alpha value is -0.940. The third-order valence-corrected chi connectivity index (χ3v) is 5.29. The van der Waals surface area contributed by atoms with Crippen molar-refractivity contribution in [1.82, 2.24) is 10.2 Å². The molecule has 0 spiro atoms. The number of rotatable bonds is 11. The van der Waals surface area contributed by atoms with Gasteiger partial charge in [0, 0.05) is 31.0 Å². The van der Waals surface area contributed by atoms with Crippen molar-refractivity contribution in [3.05, 3.63) is 0 Å². The van der Waals surface area contributed by atoms with Crippen LogP contribution in [-0.2, 0) is 14.3 Å². The molecule has 5 heteroatoms. The maximum atomic E-state index is 12.7. The van der Waals surface area contributed by atoms with Crippen LogP contribution in [0.15, 0.2) is 0 Å². The zero-order valence-electron chi connectivity index (χ0n) is 20.0. The highest BCUT2D eigenvalue weighted by molar-refractivity contribution is 5.90. The first-order valence-electron chi connectivity index (χ1n) is 11.2. The van der Waals surface area contributed by atoms with Gasteiger partial charge in [-0.2, -0.15) is 0 Å². The molecule has 1 heterocycles. The molecule has 1 saturated heterocycles. The highest BCUT2D eigenvalue weighted by Crippen LogP contribution is 2.24. The summed E-state index contributed by atoms with van der Waals surface area (Å²) in [7, 11) is 0. The molecule has 1 unspecified atom stereocenters. The number of hydrogen-bond acceptors (Lipinski definition) is 4. The quantitative estimate of drug-likeness (QED) is 0.553. The van der Waals surface area contributed by atoms with Crippen molar-refractivity contribution in [2.24, 2.45) is 5.92 Å². The van der Waals surface area contributed by atoms with Crippen LogP contribution in [0.3, 0.4) is 0 Å². The van der Waals surface area contributed by atoms with Crippen molar-refractivity contribution in [1.29, 1.82) is 0 Å². The summed E-state index contributed by atoms with van der Waals surface area (Å²) in [6.07, 6.45) is 3.77. The molecular formula is C23H46N2O3. The highest BCUT2D eigenvalue weighted by Gasteiger charge is 2.35. The third kappa shape index (κ3) is 9.51. The summed E-state index contributed by atoms with van der Waals surface area (Å²) in [5.41, 5.74) is -0.282. The molecule has 1 amide bonds. The van der Waals surface area contributed by atoms with Crippen LogP contribution in [0.5, 0.6) is 0 Å². The Bertz CT molecular complexity index is 472. The van der Waals surface area contributed by atoms with Crippen LogP contribution in [0.4, 0.5) is 0 Å². The topological polar surface area (TPSA) is 58.6 Å². The third-order valence-electron chi connectivity index (χ3n) is 5.29. The van der Waals surface area contributed by atoms with Crippen LogP contribution in [0, 0.1) is 5.92 Å². The summed E-state index contributed by atoms with van der Waals surface area (Å²) < 4.78 is 6.06. The van der Waals surface area contributed by atoms with Gasteiger partial charge in [0.1, 0.15) is 0 Å². The number of Topliss-reactive ketones (excluding diaryl/α,β-unsaturated/α-hetero) is 1. The number of amides is 1. The molecule has 1 aliphatic heterocycles. The maximum Gasteiger partial charge on any atom is 0.223 e. The van der Waals surface area contributed by atoms with Crippen molar-refractivity contribution in [3.63, 3.8) is 0 Å². The molecule has 0 aromatic rings. The summed E-state index contributed by atoms with van der Waals surface area (Å²) in [5.74, 6) is 0.261. The minimum Gasteiger partial charge on any atom is -0.375 e. The highest BCUT2D eigenvalue weighted by atomic mass is 16.5. The Labute approximate surface area is 174 Å². The van der Waals surface area contributed by atoms with Gasteiger partial charge in [-0.15, -0.1) is 0 Å². The molecule has 1 rings (SSSR count). The first-order valence-corrected chi connectivity index (χ1v) is 11.2. The number of ketones is 1. The summed E-state index contributed by atoms with van der Waals surface area (Å²) >= 11 is 0. The first-order chi connectivity index (χ1) is 13.0. The minimum absolute atomic E-state index is 0.0201. The average molecular weight is 399 g/mol. The van der Waals surface area contributed by atoms with Crippen molar-refractivity contribution < 1.29 is 14.3 Å². The first kappa shape index (κ1) is 27.1. The number of ether oxygens (including phenoxy) is 1. The lowest BCUT2D eigenvalue weighted by molar-refractivity contribution is -0.139. The van der Waals surface area contributed by atoms with E-state index in [2.05, 4.69) is 26.1 Å². The van der Waals surface area contributed by atoms with Crippen LogP contribution in [-0.4, -0.2) is 53.5 Å². The Kier molecular flexibility index (Phi) is 12.2. The van der Waals surface area contributed by atoms with Crippen LogP contribution in [0.25, 0.3) is 0 Å². The lowest BCUT2D eigenvalue weighted by Crippen LogP contribution is -2.43. The van der Waals surface area contributed by atoms with Gasteiger partial charge in [0.25, 0.3) is 0 Å². The fourth-order valence-electron chi connectivity index (χ4n) is 3.52. The fraction of sp³-hybridized carbons (Fsp3) is 0.913. The van der Waals surface area contributed by atoms with Gasteiger partial charge in [0.2, 0.25) is 5.91 Å². The SMILES string of the molecule is CC.CCNC(C)(C)CCOC(C)(C)CCC(=O)N1CCCC1C(=O)C(C)C. The van der Waals surface area contributed by atoms with E-state index in [1.54, 1.807) is 4.90 Å². The van der Waals surface area contributed by atoms with E-state index in [0.717, 1.165) is 25.8 Å². The molecule has 1 aliphatic rings. The summed E-state index contributed by atoms with van der Waals surface area (Å²) in [6.45, 7) is 20.7. The molecule has 28 heavy (non-hydrogen) atoms. The monoisotopic (exact) mass is 398 g/mol. The number of carbonyl (C=O) groups excluding carboxylic acids is 2. The Morgan fingerprint density at radius 2 is 1.75 bits per heavy atom. The van der Waals surface area contributed by atoms with E-state index in [0.29, 0.717) is 26.0 Å². The van der Waals surface area contributed by atoms with Gasteiger partial charge in [-0.3, -0.25) is 9.59 Å². The smallest absolute Gasteiger partial charge is 0.223 e. The van der Waals surface area contributed by atoms with Gasteiger partial charge in [-0.05, 0) is 59.9 Å².